The molecule has 9 nitrogen and oxygen atoms in total. The predicted molar refractivity (Wildman–Crippen MR) is 129 cm³/mol. The van der Waals surface area contributed by atoms with E-state index in [2.05, 4.69) is 59.5 Å². The van der Waals surface area contributed by atoms with Crippen LogP contribution in [0, 0.1) is 0 Å². The fourth-order valence-corrected chi connectivity index (χ4v) is 4.20. The van der Waals surface area contributed by atoms with Crippen LogP contribution in [-0.2, 0) is 0 Å². The highest BCUT2D eigenvalue weighted by Gasteiger charge is 2.25. The molecule has 3 aromatic rings. The van der Waals surface area contributed by atoms with Crippen LogP contribution in [0.5, 0.6) is 5.88 Å². The maximum Gasteiger partial charge on any atom is 0.245 e. The first kappa shape index (κ1) is 20.6. The third-order valence-corrected chi connectivity index (χ3v) is 5.88. The summed E-state index contributed by atoms with van der Waals surface area (Å²) in [4.78, 5) is 20.8. The van der Waals surface area contributed by atoms with E-state index in [0.29, 0.717) is 18.5 Å². The standard InChI is InChI=1S/C23H30N8O/c1-15(2)32-22-20-21(25-14-30(20)4)27-23(28-22)26-16-5-6-18-17(13-16)19(7-8-24-18)31-11-9-29(3)10-12-31/h5-8,13,15H,9-12,14H2,1-4H3,(H2,25,26,27,28). The molecule has 0 saturated carbocycles. The SMILES string of the molecule is CC(C)Oc1nc(Nc2ccc3nccc(N4CCN(C)CC4)c3c2)nc2c1N(C)CN2. The molecule has 0 radical (unpaired) electrons. The summed E-state index contributed by atoms with van der Waals surface area (Å²) < 4.78 is 5.99. The van der Waals surface area contributed by atoms with Crippen LogP contribution >= 0.6 is 0 Å². The molecule has 0 amide bonds. The lowest BCUT2D eigenvalue weighted by molar-refractivity contribution is 0.234. The Morgan fingerprint density at radius 3 is 2.66 bits per heavy atom. The number of hydrogen-bond donors (Lipinski definition) is 2. The molecule has 2 aliphatic heterocycles. The van der Waals surface area contributed by atoms with E-state index in [1.807, 2.05) is 39.2 Å². The van der Waals surface area contributed by atoms with Gasteiger partial charge in [0, 0.05) is 56.2 Å². The molecule has 1 saturated heterocycles. The molecule has 168 valence electrons. The minimum atomic E-state index is 0.0220. The number of nitrogens with zero attached hydrogens (tertiary/aromatic N) is 6. The monoisotopic (exact) mass is 434 g/mol. The van der Waals surface area contributed by atoms with Crippen molar-refractivity contribution in [1.29, 1.82) is 0 Å². The maximum absolute atomic E-state index is 5.99. The summed E-state index contributed by atoms with van der Waals surface area (Å²) in [5, 5.41) is 7.81. The number of pyridine rings is 1. The number of anilines is 5. The van der Waals surface area contributed by atoms with E-state index in [9.17, 15) is 0 Å². The summed E-state index contributed by atoms with van der Waals surface area (Å²) in [6.07, 6.45) is 1.92. The zero-order valence-corrected chi connectivity index (χ0v) is 19.1. The zero-order chi connectivity index (χ0) is 22.2. The Labute approximate surface area is 188 Å². The van der Waals surface area contributed by atoms with Crippen LogP contribution in [0.2, 0.25) is 0 Å². The van der Waals surface area contributed by atoms with E-state index in [1.54, 1.807) is 0 Å². The molecule has 0 unspecified atom stereocenters. The highest BCUT2D eigenvalue weighted by Crippen LogP contribution is 2.38. The molecule has 32 heavy (non-hydrogen) atoms. The number of likely N-dealkylation sites (N-methyl/N-ethyl adjacent to an activating group) is 1. The van der Waals surface area contributed by atoms with Gasteiger partial charge in [-0.25, -0.2) is 0 Å². The average molecular weight is 435 g/mol. The summed E-state index contributed by atoms with van der Waals surface area (Å²) in [5.41, 5.74) is 4.01. The third kappa shape index (κ3) is 3.95. The Bertz CT molecular complexity index is 1130. The van der Waals surface area contributed by atoms with Gasteiger partial charge in [-0.3, -0.25) is 4.98 Å². The van der Waals surface area contributed by atoms with Crippen LogP contribution < -0.4 is 25.2 Å². The number of piperazine rings is 1. The second kappa shape index (κ2) is 8.31. The van der Waals surface area contributed by atoms with Crippen LogP contribution in [0.4, 0.5) is 28.8 Å². The van der Waals surface area contributed by atoms with Gasteiger partial charge in [-0.2, -0.15) is 9.97 Å². The van der Waals surface area contributed by atoms with Crippen LogP contribution in [0.1, 0.15) is 13.8 Å². The fraction of sp³-hybridized carbons (Fsp3) is 0.435. The van der Waals surface area contributed by atoms with Crippen molar-refractivity contribution in [2.45, 2.75) is 20.0 Å². The normalized spacial score (nSPS) is 16.4. The molecular formula is C23H30N8O. The molecule has 0 aliphatic carbocycles. The van der Waals surface area contributed by atoms with Gasteiger partial charge in [0.2, 0.25) is 11.8 Å². The molecule has 1 fully saturated rings. The number of ether oxygens (including phenoxy) is 1. The zero-order valence-electron chi connectivity index (χ0n) is 19.1. The van der Waals surface area contributed by atoms with E-state index in [4.69, 9.17) is 4.74 Å². The average Bonchev–Trinajstić information content (AvgIpc) is 3.14. The quantitative estimate of drug-likeness (QED) is 0.629. The van der Waals surface area contributed by atoms with E-state index in [-0.39, 0.29) is 6.10 Å². The van der Waals surface area contributed by atoms with Crippen molar-refractivity contribution in [1.82, 2.24) is 19.9 Å². The van der Waals surface area contributed by atoms with Crippen LogP contribution in [0.3, 0.4) is 0 Å². The van der Waals surface area contributed by atoms with Gasteiger partial charge < -0.3 is 30.1 Å². The molecular weight excluding hydrogens is 404 g/mol. The highest BCUT2D eigenvalue weighted by atomic mass is 16.5. The van der Waals surface area contributed by atoms with Gasteiger partial charge in [-0.05, 0) is 45.2 Å². The smallest absolute Gasteiger partial charge is 0.245 e. The van der Waals surface area contributed by atoms with E-state index in [0.717, 1.165) is 54.3 Å². The highest BCUT2D eigenvalue weighted by molar-refractivity contribution is 5.94. The second-order valence-corrected chi connectivity index (χ2v) is 8.73. The first-order chi connectivity index (χ1) is 15.5. The van der Waals surface area contributed by atoms with Crippen molar-refractivity contribution < 1.29 is 4.74 Å². The van der Waals surface area contributed by atoms with Crippen molar-refractivity contribution in [2.24, 2.45) is 0 Å². The second-order valence-electron chi connectivity index (χ2n) is 8.73. The lowest BCUT2D eigenvalue weighted by atomic mass is 10.1. The van der Waals surface area contributed by atoms with Gasteiger partial charge in [-0.1, -0.05) is 0 Å². The van der Waals surface area contributed by atoms with Crippen molar-refractivity contribution in [3.8, 4) is 5.88 Å². The van der Waals surface area contributed by atoms with E-state index in [1.165, 1.54) is 5.69 Å². The van der Waals surface area contributed by atoms with E-state index >= 15 is 0 Å². The largest absolute Gasteiger partial charge is 0.473 e. The van der Waals surface area contributed by atoms with Crippen molar-refractivity contribution in [3.63, 3.8) is 0 Å². The Kier molecular flexibility index (Phi) is 5.34. The molecule has 1 aromatic carbocycles. The minimum Gasteiger partial charge on any atom is -0.473 e. The molecule has 4 heterocycles. The molecule has 2 aliphatic rings. The van der Waals surface area contributed by atoms with Crippen molar-refractivity contribution in [2.75, 3.05) is 67.4 Å². The molecule has 0 spiro atoms. The van der Waals surface area contributed by atoms with Gasteiger partial charge in [0.1, 0.15) is 5.69 Å². The predicted octanol–water partition coefficient (Wildman–Crippen LogP) is 3.13. The topological polar surface area (TPSA) is 81.7 Å². The number of aromatic nitrogens is 3. The molecule has 0 atom stereocenters. The van der Waals surface area contributed by atoms with Gasteiger partial charge in [-0.15, -0.1) is 0 Å². The molecule has 5 rings (SSSR count). The number of benzene rings is 1. The van der Waals surface area contributed by atoms with Gasteiger partial charge in [0.15, 0.2) is 5.82 Å². The number of nitrogens with one attached hydrogen (secondary N) is 2. The molecule has 9 heteroatoms. The number of fused-ring (bicyclic) bond motifs is 2. The minimum absolute atomic E-state index is 0.0220. The lowest BCUT2D eigenvalue weighted by Gasteiger charge is -2.34. The van der Waals surface area contributed by atoms with E-state index < -0.39 is 0 Å². The summed E-state index contributed by atoms with van der Waals surface area (Å²) in [5.74, 6) is 1.87. The first-order valence-corrected chi connectivity index (χ1v) is 11.1. The van der Waals surface area contributed by atoms with Gasteiger partial charge >= 0.3 is 0 Å². The van der Waals surface area contributed by atoms with Gasteiger partial charge in [0.05, 0.1) is 18.3 Å². The first-order valence-electron chi connectivity index (χ1n) is 11.1. The van der Waals surface area contributed by atoms with Crippen molar-refractivity contribution >= 4 is 39.7 Å². The number of hydrogen-bond acceptors (Lipinski definition) is 9. The van der Waals surface area contributed by atoms with Crippen LogP contribution in [0.25, 0.3) is 10.9 Å². The van der Waals surface area contributed by atoms with Crippen LogP contribution in [0.15, 0.2) is 30.5 Å². The Morgan fingerprint density at radius 1 is 1.06 bits per heavy atom. The fourth-order valence-electron chi connectivity index (χ4n) is 4.20. The Hall–Kier alpha value is -3.33. The third-order valence-electron chi connectivity index (χ3n) is 5.88. The van der Waals surface area contributed by atoms with Crippen LogP contribution in [-0.4, -0.2) is 72.9 Å². The molecule has 2 aromatic heterocycles. The molecule has 0 bridgehead atoms. The Morgan fingerprint density at radius 2 is 1.88 bits per heavy atom. The van der Waals surface area contributed by atoms with Crippen molar-refractivity contribution in [3.05, 3.63) is 30.5 Å². The lowest BCUT2D eigenvalue weighted by Crippen LogP contribution is -2.44. The van der Waals surface area contributed by atoms with Gasteiger partial charge in [0.25, 0.3) is 0 Å². The summed E-state index contributed by atoms with van der Waals surface area (Å²) in [6.45, 7) is 8.82. The summed E-state index contributed by atoms with van der Waals surface area (Å²) in [6, 6.07) is 8.30. The Balaban J connectivity index is 1.48. The molecule has 2 N–H and O–H groups in total. The summed E-state index contributed by atoms with van der Waals surface area (Å²) >= 11 is 0. The number of rotatable bonds is 5. The maximum atomic E-state index is 5.99. The summed E-state index contributed by atoms with van der Waals surface area (Å²) in [7, 11) is 4.17.